The fourth-order valence-electron chi connectivity index (χ4n) is 6.03. The number of hydrogen-bond acceptors (Lipinski definition) is 9. The van der Waals surface area contributed by atoms with Crippen molar-refractivity contribution >= 4 is 34.9 Å². The maximum atomic E-state index is 15.5. The van der Waals surface area contributed by atoms with Crippen molar-refractivity contribution in [2.24, 2.45) is 0 Å². The van der Waals surface area contributed by atoms with E-state index in [-0.39, 0.29) is 29.9 Å². The molecular weight excluding hydrogens is 661 g/mol. The fraction of sp³-hybridized carbons (Fsp3) is 0.400. The number of ether oxygens (including phenoxy) is 2. The lowest BCUT2D eigenvalue weighted by Crippen LogP contribution is -2.44. The summed E-state index contributed by atoms with van der Waals surface area (Å²) in [5.74, 6) is 0.276. The highest BCUT2D eigenvalue weighted by Gasteiger charge is 2.27. The number of carbonyl (C=O) groups is 2. The molecular formula is C40H50FN7O4. The molecule has 0 aliphatic carbocycles. The molecule has 5 rings (SSSR count). The number of hydrogen-bond donors (Lipinski definition) is 2. The SMILES string of the molecule is CCC(C)NC(=O)CCc1cccc(N(C(=O)Oc2c(C)cccc2C)c2ccncn2)c1Nc1ccc(OCCCN2CCN(C)CC2)c(F)c1. The van der Waals surface area contributed by atoms with E-state index < -0.39 is 11.9 Å². The van der Waals surface area contributed by atoms with Gasteiger partial charge in [-0.1, -0.05) is 37.3 Å². The van der Waals surface area contributed by atoms with E-state index in [2.05, 4.69) is 37.4 Å². The van der Waals surface area contributed by atoms with Gasteiger partial charge < -0.3 is 29.9 Å². The van der Waals surface area contributed by atoms with Crippen LogP contribution in [0.4, 0.5) is 32.1 Å². The molecule has 52 heavy (non-hydrogen) atoms. The number of halogens is 1. The number of aryl methyl sites for hydroxylation is 3. The molecule has 1 aliphatic rings. The number of anilines is 4. The highest BCUT2D eigenvalue weighted by atomic mass is 19.1. The first-order valence-corrected chi connectivity index (χ1v) is 18.0. The van der Waals surface area contributed by atoms with E-state index in [9.17, 15) is 9.59 Å². The van der Waals surface area contributed by atoms with Crippen LogP contribution in [0.3, 0.4) is 0 Å². The van der Waals surface area contributed by atoms with Crippen molar-refractivity contribution in [3.63, 3.8) is 0 Å². The van der Waals surface area contributed by atoms with E-state index in [4.69, 9.17) is 9.47 Å². The molecule has 0 bridgehead atoms. The third-order valence-corrected chi connectivity index (χ3v) is 9.26. The fourth-order valence-corrected chi connectivity index (χ4v) is 6.03. The van der Waals surface area contributed by atoms with Crippen molar-refractivity contribution in [3.8, 4) is 11.5 Å². The molecule has 1 atom stereocenters. The average molecular weight is 712 g/mol. The van der Waals surface area contributed by atoms with Gasteiger partial charge in [0.1, 0.15) is 17.9 Å². The Balaban J connectivity index is 1.43. The summed E-state index contributed by atoms with van der Waals surface area (Å²) in [6, 6.07) is 17.5. The van der Waals surface area contributed by atoms with Crippen molar-refractivity contribution in [2.75, 3.05) is 56.6 Å². The Kier molecular flexibility index (Phi) is 13.5. The van der Waals surface area contributed by atoms with Crippen LogP contribution in [-0.2, 0) is 11.2 Å². The topological polar surface area (TPSA) is 112 Å². The van der Waals surface area contributed by atoms with Crippen molar-refractivity contribution in [3.05, 3.63) is 95.7 Å². The van der Waals surface area contributed by atoms with Gasteiger partial charge in [0, 0.05) is 63.1 Å². The normalized spacial score (nSPS) is 14.0. The van der Waals surface area contributed by atoms with Crippen LogP contribution in [0.1, 0.15) is 49.8 Å². The van der Waals surface area contributed by atoms with E-state index >= 15 is 4.39 Å². The molecule has 12 heteroatoms. The predicted octanol–water partition coefficient (Wildman–Crippen LogP) is 7.18. The summed E-state index contributed by atoms with van der Waals surface area (Å²) < 4.78 is 27.4. The van der Waals surface area contributed by atoms with Crippen molar-refractivity contribution < 1.29 is 23.5 Å². The summed E-state index contributed by atoms with van der Waals surface area (Å²) in [6.07, 6.45) is 4.35. The average Bonchev–Trinajstić information content (AvgIpc) is 3.13. The van der Waals surface area contributed by atoms with Gasteiger partial charge in [0.05, 0.1) is 18.0 Å². The number of nitrogens with one attached hydrogen (secondary N) is 2. The number of para-hydroxylation sites is 2. The lowest BCUT2D eigenvalue weighted by Gasteiger charge is -2.32. The number of aromatic nitrogens is 2. The van der Waals surface area contributed by atoms with E-state index in [0.29, 0.717) is 35.8 Å². The zero-order valence-electron chi connectivity index (χ0n) is 30.8. The molecule has 0 saturated carbocycles. The molecule has 0 spiro atoms. The summed E-state index contributed by atoms with van der Waals surface area (Å²) in [5, 5.41) is 6.37. The minimum absolute atomic E-state index is 0.0415. The summed E-state index contributed by atoms with van der Waals surface area (Å²) >= 11 is 0. The molecule has 1 unspecified atom stereocenters. The quantitative estimate of drug-likeness (QED) is 0.124. The third kappa shape index (κ3) is 10.3. The first-order chi connectivity index (χ1) is 25.1. The largest absolute Gasteiger partial charge is 0.490 e. The maximum Gasteiger partial charge on any atom is 0.425 e. The lowest BCUT2D eigenvalue weighted by atomic mass is 10.0. The highest BCUT2D eigenvalue weighted by molar-refractivity contribution is 6.01. The van der Waals surface area contributed by atoms with Gasteiger partial charge in [0.2, 0.25) is 5.91 Å². The molecule has 1 aromatic heterocycles. The van der Waals surface area contributed by atoms with Crippen LogP contribution in [0.25, 0.3) is 0 Å². The van der Waals surface area contributed by atoms with E-state index in [1.165, 1.54) is 23.5 Å². The minimum atomic E-state index is -0.697. The Labute approximate surface area is 306 Å². The van der Waals surface area contributed by atoms with Crippen LogP contribution in [0.15, 0.2) is 73.2 Å². The van der Waals surface area contributed by atoms with Gasteiger partial charge in [-0.05, 0) is 88.0 Å². The van der Waals surface area contributed by atoms with Crippen LogP contribution in [-0.4, -0.2) is 84.2 Å². The van der Waals surface area contributed by atoms with E-state index in [0.717, 1.165) is 62.3 Å². The van der Waals surface area contributed by atoms with Gasteiger partial charge in [-0.3, -0.25) is 4.79 Å². The molecule has 3 aromatic carbocycles. The molecule has 0 radical (unpaired) electrons. The van der Waals surface area contributed by atoms with Crippen LogP contribution in [0.2, 0.25) is 0 Å². The number of likely N-dealkylation sites (N-methyl/N-ethyl adjacent to an activating group) is 1. The third-order valence-electron chi connectivity index (χ3n) is 9.26. The monoisotopic (exact) mass is 711 g/mol. The first kappa shape index (κ1) is 38.2. The number of amides is 2. The Hall–Kier alpha value is -5.07. The van der Waals surface area contributed by atoms with Crippen molar-refractivity contribution in [1.29, 1.82) is 0 Å². The second-order valence-electron chi connectivity index (χ2n) is 13.3. The number of rotatable bonds is 15. The van der Waals surface area contributed by atoms with Crippen LogP contribution in [0.5, 0.6) is 11.5 Å². The Morgan fingerprint density at radius 1 is 1.02 bits per heavy atom. The van der Waals surface area contributed by atoms with Gasteiger partial charge in [-0.2, -0.15) is 0 Å². The zero-order chi connectivity index (χ0) is 37.0. The summed E-state index contributed by atoms with van der Waals surface area (Å²) in [4.78, 5) is 41.5. The van der Waals surface area contributed by atoms with Crippen LogP contribution in [0, 0.1) is 19.7 Å². The minimum Gasteiger partial charge on any atom is -0.490 e. The molecule has 276 valence electrons. The van der Waals surface area contributed by atoms with Gasteiger partial charge in [0.25, 0.3) is 0 Å². The summed E-state index contributed by atoms with van der Waals surface area (Å²) in [5.41, 5.74) is 3.67. The second-order valence-corrected chi connectivity index (χ2v) is 13.3. The molecule has 1 saturated heterocycles. The number of nitrogens with zero attached hydrogens (tertiary/aromatic N) is 5. The predicted molar refractivity (Wildman–Crippen MR) is 203 cm³/mol. The first-order valence-electron chi connectivity index (χ1n) is 18.0. The highest BCUT2D eigenvalue weighted by Crippen LogP contribution is 2.38. The van der Waals surface area contributed by atoms with Gasteiger partial charge in [0.15, 0.2) is 11.6 Å². The Morgan fingerprint density at radius 3 is 2.46 bits per heavy atom. The number of benzene rings is 3. The van der Waals surface area contributed by atoms with Gasteiger partial charge in [-0.25, -0.2) is 24.1 Å². The maximum absolute atomic E-state index is 15.5. The molecule has 11 nitrogen and oxygen atoms in total. The molecule has 2 heterocycles. The molecule has 1 aliphatic heterocycles. The molecule has 4 aromatic rings. The smallest absolute Gasteiger partial charge is 0.425 e. The second kappa shape index (κ2) is 18.4. The number of carbonyl (C=O) groups excluding carboxylic acids is 2. The number of piperazine rings is 1. The zero-order valence-corrected chi connectivity index (χ0v) is 30.8. The summed E-state index contributed by atoms with van der Waals surface area (Å²) in [7, 11) is 2.13. The molecule has 2 N–H and O–H groups in total. The van der Waals surface area contributed by atoms with Gasteiger partial charge >= 0.3 is 6.09 Å². The van der Waals surface area contributed by atoms with E-state index in [1.54, 1.807) is 24.3 Å². The molecule has 1 fully saturated rings. The van der Waals surface area contributed by atoms with Crippen molar-refractivity contribution in [1.82, 2.24) is 25.1 Å². The van der Waals surface area contributed by atoms with Crippen LogP contribution < -0.4 is 25.0 Å². The molecule has 2 amide bonds. The Bertz CT molecular complexity index is 1780. The summed E-state index contributed by atoms with van der Waals surface area (Å²) in [6.45, 7) is 13.2. The van der Waals surface area contributed by atoms with Crippen molar-refractivity contribution in [2.45, 2.75) is 59.4 Å². The lowest BCUT2D eigenvalue weighted by molar-refractivity contribution is -0.121. The Morgan fingerprint density at radius 2 is 1.77 bits per heavy atom. The standard InChI is InChI=1S/C40H50FN7O4/c1-6-30(4)44-37(49)17-14-31-12-8-13-34(48(36-18-19-42-27-43-36)40(50)52-39-28(2)10-7-11-29(39)3)38(31)45-32-15-16-35(33(41)26-32)51-25-9-20-47-23-21-46(5)22-24-47/h7-8,10-13,15-16,18-19,26-27,30,45H,6,9,14,17,20-25H2,1-5H3,(H,44,49). The van der Waals surface area contributed by atoms with E-state index in [1.807, 2.05) is 58.0 Å². The van der Waals surface area contributed by atoms with Gasteiger partial charge in [-0.15, -0.1) is 0 Å². The van der Waals surface area contributed by atoms with Crippen LogP contribution >= 0.6 is 0 Å².